The van der Waals surface area contributed by atoms with Crippen LogP contribution >= 0.6 is 15.9 Å². The molecule has 3 aromatic rings. The van der Waals surface area contributed by atoms with Crippen LogP contribution in [0.1, 0.15) is 83.7 Å². The van der Waals surface area contributed by atoms with Crippen molar-refractivity contribution in [3.8, 4) is 40.9 Å². The van der Waals surface area contributed by atoms with E-state index < -0.39 is 17.9 Å². The largest absolute Gasteiger partial charge is 0.496 e. The van der Waals surface area contributed by atoms with Crippen LogP contribution in [-0.4, -0.2) is 58.6 Å². The number of benzene rings is 3. The summed E-state index contributed by atoms with van der Waals surface area (Å²) in [4.78, 5) is 33.6. The molecular formula is C38H43BrO9. The number of carbonyl (C=O) groups excluding carboxylic acids is 2. The molecule has 0 aromatic heterocycles. The molecule has 1 N–H and O–H groups in total. The van der Waals surface area contributed by atoms with E-state index in [0.29, 0.717) is 28.4 Å². The third-order valence-electron chi connectivity index (χ3n) is 5.77. The summed E-state index contributed by atoms with van der Waals surface area (Å²) in [5.74, 6) is 11.8. The SMILES string of the molecule is COC(=O)c1ccc(Br)cc1OC.COC(=O)c1ccc(C#CC(C)(C)C)cc1OC.COc1cc(C#CC(C)(C)C)ccc1C(=O)O. The second kappa shape index (κ2) is 19.0. The maximum atomic E-state index is 11.5. The number of carboxylic acids is 1. The van der Waals surface area contributed by atoms with Crippen LogP contribution in [0.2, 0.25) is 0 Å². The molecule has 0 spiro atoms. The Bertz CT molecular complexity index is 1710. The second-order valence-electron chi connectivity index (χ2n) is 12.0. The van der Waals surface area contributed by atoms with Gasteiger partial charge in [-0.25, -0.2) is 14.4 Å². The van der Waals surface area contributed by atoms with Crippen LogP contribution < -0.4 is 14.2 Å². The van der Waals surface area contributed by atoms with E-state index in [1.165, 1.54) is 41.6 Å². The minimum Gasteiger partial charge on any atom is -0.496 e. The number of halogens is 1. The van der Waals surface area contributed by atoms with Crippen molar-refractivity contribution in [1.82, 2.24) is 0 Å². The van der Waals surface area contributed by atoms with E-state index in [1.54, 1.807) is 48.5 Å². The molecule has 0 bridgehead atoms. The average molecular weight is 724 g/mol. The van der Waals surface area contributed by atoms with Crippen molar-refractivity contribution in [3.05, 3.63) is 86.9 Å². The minimum atomic E-state index is -1.00. The van der Waals surface area contributed by atoms with Gasteiger partial charge in [0.25, 0.3) is 0 Å². The molecule has 48 heavy (non-hydrogen) atoms. The van der Waals surface area contributed by atoms with Gasteiger partial charge in [0.05, 0.1) is 35.5 Å². The fraction of sp³-hybridized carbons (Fsp3) is 0.342. The maximum Gasteiger partial charge on any atom is 0.341 e. The second-order valence-corrected chi connectivity index (χ2v) is 12.9. The van der Waals surface area contributed by atoms with Crippen LogP contribution in [0.3, 0.4) is 0 Å². The molecule has 0 saturated heterocycles. The van der Waals surface area contributed by atoms with Crippen molar-refractivity contribution >= 4 is 33.8 Å². The van der Waals surface area contributed by atoms with E-state index in [4.69, 9.17) is 19.3 Å². The molecule has 0 aliphatic carbocycles. The monoisotopic (exact) mass is 722 g/mol. The fourth-order valence-corrected chi connectivity index (χ4v) is 3.80. The van der Waals surface area contributed by atoms with E-state index in [2.05, 4.69) is 49.1 Å². The molecule has 0 atom stereocenters. The van der Waals surface area contributed by atoms with Gasteiger partial charge in [-0.1, -0.05) is 39.6 Å². The number of ether oxygens (including phenoxy) is 5. The Morgan fingerprint density at radius 1 is 0.583 bits per heavy atom. The smallest absolute Gasteiger partial charge is 0.341 e. The van der Waals surface area contributed by atoms with Gasteiger partial charge in [0, 0.05) is 26.4 Å². The number of hydrogen-bond donors (Lipinski definition) is 1. The number of aromatic carboxylic acids is 1. The van der Waals surface area contributed by atoms with Crippen LogP contribution in [0, 0.1) is 34.5 Å². The highest BCUT2D eigenvalue weighted by Crippen LogP contribution is 2.24. The summed E-state index contributed by atoms with van der Waals surface area (Å²) in [6.45, 7) is 12.2. The van der Waals surface area contributed by atoms with Crippen LogP contribution in [0.4, 0.5) is 0 Å². The van der Waals surface area contributed by atoms with Gasteiger partial charge in [0.2, 0.25) is 0 Å². The molecule has 0 radical (unpaired) electrons. The van der Waals surface area contributed by atoms with Crippen molar-refractivity contribution in [2.75, 3.05) is 35.5 Å². The van der Waals surface area contributed by atoms with Crippen LogP contribution in [0.25, 0.3) is 0 Å². The van der Waals surface area contributed by atoms with E-state index in [1.807, 2.05) is 41.5 Å². The summed E-state index contributed by atoms with van der Waals surface area (Å²) in [7, 11) is 7.15. The lowest BCUT2D eigenvalue weighted by Gasteiger charge is -2.08. The zero-order valence-electron chi connectivity index (χ0n) is 29.3. The van der Waals surface area contributed by atoms with E-state index in [0.717, 1.165) is 15.6 Å². The Balaban J connectivity index is 0.000000365. The molecule has 0 aliphatic heterocycles. The molecule has 0 amide bonds. The normalized spacial score (nSPS) is 10.1. The molecule has 3 rings (SSSR count). The van der Waals surface area contributed by atoms with E-state index in [9.17, 15) is 14.4 Å². The number of esters is 2. The van der Waals surface area contributed by atoms with Gasteiger partial charge >= 0.3 is 17.9 Å². The Labute approximate surface area is 292 Å². The van der Waals surface area contributed by atoms with Crippen LogP contribution in [0.5, 0.6) is 17.2 Å². The Hall–Kier alpha value is -4.93. The topological polar surface area (TPSA) is 118 Å². The summed E-state index contributed by atoms with van der Waals surface area (Å²) >= 11 is 3.28. The highest BCUT2D eigenvalue weighted by molar-refractivity contribution is 9.10. The van der Waals surface area contributed by atoms with Gasteiger partial charge in [0.15, 0.2) is 0 Å². The lowest BCUT2D eigenvalue weighted by Crippen LogP contribution is -2.04. The summed E-state index contributed by atoms with van der Waals surface area (Å²) in [6.07, 6.45) is 0. The predicted octanol–water partition coefficient (Wildman–Crippen LogP) is 7.91. The standard InChI is InChI=1S/C15H18O3.C14H16O3.C9H9BrO3/c1-15(2,3)9-8-11-6-7-12(14(16)18-5)13(10-11)17-4;1-14(2,3)8-7-10-5-6-11(13(15)16)12(9-10)17-4;1-12-8-5-6(10)3-4-7(8)9(11)13-2/h6-7,10H,1-5H3;5-6,9H,1-4H3,(H,15,16);3-5H,1-2H3. The van der Waals surface area contributed by atoms with Crippen molar-refractivity contribution in [2.45, 2.75) is 41.5 Å². The average Bonchev–Trinajstić information content (AvgIpc) is 3.05. The summed E-state index contributed by atoms with van der Waals surface area (Å²) in [6, 6.07) is 15.1. The first-order chi connectivity index (χ1) is 22.4. The number of rotatable bonds is 6. The molecule has 0 saturated carbocycles. The van der Waals surface area contributed by atoms with Crippen molar-refractivity contribution in [2.24, 2.45) is 10.8 Å². The number of carboxylic acid groups (broad SMARTS) is 1. The maximum absolute atomic E-state index is 11.5. The molecule has 0 fully saturated rings. The van der Waals surface area contributed by atoms with Crippen molar-refractivity contribution in [3.63, 3.8) is 0 Å². The van der Waals surface area contributed by atoms with Crippen molar-refractivity contribution < 1.29 is 43.2 Å². The summed E-state index contributed by atoms with van der Waals surface area (Å²) < 4.78 is 25.3. The van der Waals surface area contributed by atoms with Gasteiger partial charge in [0.1, 0.15) is 33.9 Å². The summed E-state index contributed by atoms with van der Waals surface area (Å²) in [5, 5.41) is 8.93. The zero-order valence-corrected chi connectivity index (χ0v) is 30.9. The molecule has 3 aromatic carbocycles. The molecule has 256 valence electrons. The Morgan fingerprint density at radius 2 is 0.938 bits per heavy atom. The lowest BCUT2D eigenvalue weighted by molar-refractivity contribution is 0.0588. The molecular weight excluding hydrogens is 680 g/mol. The van der Waals surface area contributed by atoms with Gasteiger partial charge < -0.3 is 28.8 Å². The Kier molecular flexibility index (Phi) is 16.3. The predicted molar refractivity (Wildman–Crippen MR) is 189 cm³/mol. The quantitative estimate of drug-likeness (QED) is 0.200. The van der Waals surface area contributed by atoms with E-state index >= 15 is 0 Å². The highest BCUT2D eigenvalue weighted by Gasteiger charge is 2.14. The first-order valence-electron chi connectivity index (χ1n) is 14.6. The van der Waals surface area contributed by atoms with E-state index in [-0.39, 0.29) is 16.4 Å². The zero-order chi connectivity index (χ0) is 36.7. The van der Waals surface area contributed by atoms with Crippen molar-refractivity contribution in [1.29, 1.82) is 0 Å². The number of carbonyl (C=O) groups is 3. The van der Waals surface area contributed by atoms with Crippen LogP contribution in [0.15, 0.2) is 59.1 Å². The fourth-order valence-electron chi connectivity index (χ4n) is 3.46. The minimum absolute atomic E-state index is 0.0613. The first-order valence-corrected chi connectivity index (χ1v) is 15.3. The Morgan fingerprint density at radius 3 is 1.29 bits per heavy atom. The highest BCUT2D eigenvalue weighted by atomic mass is 79.9. The summed E-state index contributed by atoms with van der Waals surface area (Å²) in [5.41, 5.74) is 2.40. The third-order valence-corrected chi connectivity index (χ3v) is 6.26. The lowest BCUT2D eigenvalue weighted by atomic mass is 9.97. The van der Waals surface area contributed by atoms with Crippen LogP contribution in [-0.2, 0) is 9.47 Å². The van der Waals surface area contributed by atoms with Gasteiger partial charge in [-0.05, 0) is 96.1 Å². The number of methoxy groups -OCH3 is 5. The molecule has 0 aliphatic rings. The van der Waals surface area contributed by atoms with Gasteiger partial charge in [-0.2, -0.15) is 0 Å². The molecule has 9 nitrogen and oxygen atoms in total. The first kappa shape index (κ1) is 41.1. The third kappa shape index (κ3) is 14.2. The van der Waals surface area contributed by atoms with Gasteiger partial charge in [-0.15, -0.1) is 0 Å². The molecule has 10 heteroatoms. The molecule has 0 unspecified atom stereocenters. The number of hydrogen-bond acceptors (Lipinski definition) is 8. The molecule has 0 heterocycles. The van der Waals surface area contributed by atoms with Gasteiger partial charge in [-0.3, -0.25) is 0 Å².